The van der Waals surface area contributed by atoms with Gasteiger partial charge in [0, 0.05) is 44.0 Å². The molecule has 0 aromatic heterocycles. The number of hydrogen-bond donors (Lipinski definition) is 2. The molecule has 224 valence electrons. The molecule has 2 N–H and O–H groups in total. The maximum Gasteiger partial charge on any atom is 0.416 e. The second-order valence-electron chi connectivity index (χ2n) is 9.35. The van der Waals surface area contributed by atoms with Crippen molar-refractivity contribution in [3.8, 4) is 0 Å². The molecule has 0 saturated carbocycles. The molecule has 3 aromatic carbocycles. The number of carbonyl (C=O) groups is 2. The Bertz CT molecular complexity index is 1540. The van der Waals surface area contributed by atoms with Gasteiger partial charge in [0.05, 0.1) is 17.9 Å². The first-order chi connectivity index (χ1) is 19.9. The summed E-state index contributed by atoms with van der Waals surface area (Å²) in [5.41, 5.74) is -0.631. The molecule has 0 unspecified atom stereocenters. The lowest BCUT2D eigenvalue weighted by atomic mass is 10.1. The van der Waals surface area contributed by atoms with Crippen LogP contribution in [0.15, 0.2) is 71.6 Å². The molecule has 4 rings (SSSR count). The van der Waals surface area contributed by atoms with E-state index in [1.165, 1.54) is 52.3 Å². The van der Waals surface area contributed by atoms with Gasteiger partial charge in [-0.1, -0.05) is 18.2 Å². The second kappa shape index (κ2) is 12.7. The number of nitrogens with one attached hydrogen (secondary N) is 2. The summed E-state index contributed by atoms with van der Waals surface area (Å²) in [6.07, 6.45) is -5.18. The molecule has 42 heavy (non-hydrogen) atoms. The Labute approximate surface area is 240 Å². The highest BCUT2D eigenvalue weighted by Crippen LogP contribution is 2.32. The predicted octanol–water partition coefficient (Wildman–Crippen LogP) is 5.17. The summed E-state index contributed by atoms with van der Waals surface area (Å²) >= 11 is 0. The zero-order chi connectivity index (χ0) is 30.5. The van der Waals surface area contributed by atoms with Crippen LogP contribution in [0.5, 0.6) is 0 Å². The number of benzene rings is 3. The van der Waals surface area contributed by atoms with Gasteiger partial charge < -0.3 is 19.9 Å². The quantitative estimate of drug-likeness (QED) is 0.342. The number of hydrogen-bond acceptors (Lipinski definition) is 6. The highest BCUT2D eigenvalue weighted by Gasteiger charge is 2.31. The fraction of sp³-hybridized carbons (Fsp3) is 0.286. The largest absolute Gasteiger partial charge is 0.450 e. The normalized spacial score (nSPS) is 13.9. The molecule has 1 fully saturated rings. The lowest BCUT2D eigenvalue weighted by Gasteiger charge is -2.34. The molecule has 9 nitrogen and oxygen atoms in total. The van der Waals surface area contributed by atoms with Crippen molar-refractivity contribution in [1.29, 1.82) is 0 Å². The van der Waals surface area contributed by atoms with Crippen LogP contribution in [0.25, 0.3) is 0 Å². The molecule has 2 amide bonds. The highest BCUT2D eigenvalue weighted by molar-refractivity contribution is 7.92. The Morgan fingerprint density at radius 3 is 2.24 bits per heavy atom. The van der Waals surface area contributed by atoms with Crippen LogP contribution in [-0.2, 0) is 27.5 Å². The van der Waals surface area contributed by atoms with E-state index >= 15 is 0 Å². The minimum absolute atomic E-state index is 0.0244. The molecule has 0 atom stereocenters. The van der Waals surface area contributed by atoms with Gasteiger partial charge in [0.15, 0.2) is 0 Å². The number of rotatable bonds is 8. The lowest BCUT2D eigenvalue weighted by Crippen LogP contribution is -2.50. The molecule has 1 aliphatic rings. The summed E-state index contributed by atoms with van der Waals surface area (Å²) < 4.78 is 87.1. The Morgan fingerprint density at radius 1 is 0.929 bits per heavy atom. The molecular weight excluding hydrogens is 580 g/mol. The fourth-order valence-corrected chi connectivity index (χ4v) is 5.54. The number of sulfonamides is 1. The van der Waals surface area contributed by atoms with Gasteiger partial charge in [-0.2, -0.15) is 13.2 Å². The van der Waals surface area contributed by atoms with Crippen molar-refractivity contribution < 1.29 is 40.3 Å². The fourth-order valence-electron chi connectivity index (χ4n) is 4.28. The van der Waals surface area contributed by atoms with E-state index in [9.17, 15) is 35.6 Å². The summed E-state index contributed by atoms with van der Waals surface area (Å²) in [4.78, 5) is 27.8. The van der Waals surface area contributed by atoms with Crippen LogP contribution >= 0.6 is 0 Å². The number of carbonyl (C=O) groups excluding carboxylic acids is 2. The van der Waals surface area contributed by atoms with Crippen LogP contribution in [0.1, 0.15) is 28.4 Å². The molecule has 1 aliphatic heterocycles. The van der Waals surface area contributed by atoms with Crippen LogP contribution in [0, 0.1) is 5.82 Å². The second-order valence-corrected chi connectivity index (χ2v) is 11.0. The zero-order valence-electron chi connectivity index (χ0n) is 22.4. The van der Waals surface area contributed by atoms with E-state index < -0.39 is 39.6 Å². The molecule has 14 heteroatoms. The van der Waals surface area contributed by atoms with Crippen LogP contribution < -0.4 is 10.0 Å². The van der Waals surface area contributed by atoms with E-state index in [4.69, 9.17) is 4.74 Å². The van der Waals surface area contributed by atoms with E-state index in [2.05, 4.69) is 10.0 Å². The average Bonchev–Trinajstić information content (AvgIpc) is 2.96. The van der Waals surface area contributed by atoms with Gasteiger partial charge in [-0.05, 0) is 61.0 Å². The molecule has 3 aromatic rings. The lowest BCUT2D eigenvalue weighted by molar-refractivity contribution is -0.137. The Morgan fingerprint density at radius 2 is 1.60 bits per heavy atom. The number of halogens is 4. The van der Waals surface area contributed by atoms with E-state index in [0.717, 1.165) is 18.2 Å². The van der Waals surface area contributed by atoms with Gasteiger partial charge >= 0.3 is 12.3 Å². The Hall–Kier alpha value is -4.33. The molecule has 0 bridgehead atoms. The van der Waals surface area contributed by atoms with E-state index in [-0.39, 0.29) is 61.2 Å². The van der Waals surface area contributed by atoms with Gasteiger partial charge in [0.2, 0.25) is 0 Å². The number of anilines is 2. The molecule has 0 spiro atoms. The number of nitrogens with zero attached hydrogens (tertiary/aromatic N) is 2. The topological polar surface area (TPSA) is 108 Å². The van der Waals surface area contributed by atoms with Crippen LogP contribution in [0.3, 0.4) is 0 Å². The van der Waals surface area contributed by atoms with E-state index in [1.807, 2.05) is 0 Å². The van der Waals surface area contributed by atoms with Crippen molar-refractivity contribution >= 4 is 33.4 Å². The number of amides is 2. The summed E-state index contributed by atoms with van der Waals surface area (Å²) in [6.45, 7) is 2.82. The van der Waals surface area contributed by atoms with Gasteiger partial charge in [0.25, 0.3) is 15.9 Å². The third kappa shape index (κ3) is 7.49. The standard InChI is InChI=1S/C28H28F4N4O5S/c1-2-41-27(38)36-14-12-35(13-15-36)26(37)20-8-11-24(33-18-19-6-9-22(29)10-7-19)25(16-20)42(39,40)34-23-5-3-4-21(17-23)28(30,31)32/h3-11,16-17,33-34H,2,12-15,18H2,1H3. The van der Waals surface area contributed by atoms with E-state index in [1.54, 1.807) is 6.92 Å². The monoisotopic (exact) mass is 608 g/mol. The molecule has 0 radical (unpaired) electrons. The van der Waals surface area contributed by atoms with Crippen LogP contribution in [0.2, 0.25) is 0 Å². The Kier molecular flexibility index (Phi) is 9.24. The number of alkyl halides is 3. The molecular formula is C28H28F4N4O5S. The van der Waals surface area contributed by atoms with Gasteiger partial charge in [-0.25, -0.2) is 17.6 Å². The maximum atomic E-state index is 13.5. The van der Waals surface area contributed by atoms with Gasteiger partial charge in [-0.3, -0.25) is 9.52 Å². The summed E-state index contributed by atoms with van der Waals surface area (Å²) in [6, 6.07) is 13.2. The zero-order valence-corrected chi connectivity index (χ0v) is 23.3. The highest BCUT2D eigenvalue weighted by atomic mass is 32.2. The predicted molar refractivity (Wildman–Crippen MR) is 147 cm³/mol. The third-order valence-corrected chi connectivity index (χ3v) is 7.87. The van der Waals surface area contributed by atoms with Crippen molar-refractivity contribution in [1.82, 2.24) is 9.80 Å². The molecule has 1 saturated heterocycles. The SMILES string of the molecule is CCOC(=O)N1CCN(C(=O)c2ccc(NCc3ccc(F)cc3)c(S(=O)(=O)Nc3cccc(C(F)(F)F)c3)c2)CC1. The average molecular weight is 609 g/mol. The first kappa shape index (κ1) is 30.6. The Balaban J connectivity index is 1.62. The third-order valence-electron chi connectivity index (χ3n) is 6.45. The molecule has 0 aliphatic carbocycles. The first-order valence-corrected chi connectivity index (χ1v) is 14.4. The van der Waals surface area contributed by atoms with Crippen molar-refractivity contribution in [3.05, 3.63) is 89.2 Å². The number of ether oxygens (including phenoxy) is 1. The van der Waals surface area contributed by atoms with E-state index in [0.29, 0.717) is 11.6 Å². The van der Waals surface area contributed by atoms with Crippen molar-refractivity contribution in [2.45, 2.75) is 24.5 Å². The smallest absolute Gasteiger partial charge is 0.416 e. The van der Waals surface area contributed by atoms with Crippen molar-refractivity contribution in [2.75, 3.05) is 42.8 Å². The summed E-state index contributed by atoms with van der Waals surface area (Å²) in [5, 5.41) is 2.95. The summed E-state index contributed by atoms with van der Waals surface area (Å²) in [7, 11) is -4.51. The molecule has 1 heterocycles. The minimum atomic E-state index is -4.69. The minimum Gasteiger partial charge on any atom is -0.450 e. The van der Waals surface area contributed by atoms with Crippen LogP contribution in [0.4, 0.5) is 33.7 Å². The van der Waals surface area contributed by atoms with Crippen molar-refractivity contribution in [3.63, 3.8) is 0 Å². The maximum absolute atomic E-state index is 13.5. The van der Waals surface area contributed by atoms with Gasteiger partial charge in [-0.15, -0.1) is 0 Å². The summed E-state index contributed by atoms with van der Waals surface area (Å²) in [5.74, 6) is -0.933. The van der Waals surface area contributed by atoms with Crippen LogP contribution in [-0.4, -0.2) is 63.0 Å². The van der Waals surface area contributed by atoms with Gasteiger partial charge in [0.1, 0.15) is 10.7 Å². The first-order valence-electron chi connectivity index (χ1n) is 12.9. The van der Waals surface area contributed by atoms with Crippen molar-refractivity contribution in [2.24, 2.45) is 0 Å². The number of piperazine rings is 1.